The molecule has 1 aromatic carbocycles. The quantitative estimate of drug-likeness (QED) is 0.521. The Bertz CT molecular complexity index is 836. The third kappa shape index (κ3) is 6.01. The van der Waals surface area contributed by atoms with Crippen molar-refractivity contribution >= 4 is 35.3 Å². The summed E-state index contributed by atoms with van der Waals surface area (Å²) >= 11 is 2.95. The Labute approximate surface area is 168 Å². The van der Waals surface area contributed by atoms with Crippen LogP contribution in [-0.4, -0.2) is 34.8 Å². The average Bonchev–Trinajstić information content (AvgIpc) is 2.62. The van der Waals surface area contributed by atoms with Crippen LogP contribution in [0.3, 0.4) is 0 Å². The Hall–Kier alpha value is -1.99. The number of nitrogens with two attached hydrogens (primary N) is 1. The standard InChI is InChI=1S/C20H25N3O2S2/c1-12-5-7-16(8-6-12)26-10-9-22-17(24)11-27-20-18(19(21)25)14(3)13(2)15(4)23-20/h5-8H,9-11H2,1-4H3,(H2,21,25)(H,22,24). The van der Waals surface area contributed by atoms with Crippen LogP contribution in [0.1, 0.15) is 32.7 Å². The lowest BCUT2D eigenvalue weighted by Gasteiger charge is -2.13. The van der Waals surface area contributed by atoms with Gasteiger partial charge in [0.15, 0.2) is 0 Å². The molecule has 1 heterocycles. The van der Waals surface area contributed by atoms with Crippen LogP contribution in [-0.2, 0) is 4.79 Å². The van der Waals surface area contributed by atoms with Gasteiger partial charge in [-0.1, -0.05) is 29.5 Å². The number of rotatable bonds is 8. The van der Waals surface area contributed by atoms with Crippen molar-refractivity contribution in [3.63, 3.8) is 0 Å². The molecule has 27 heavy (non-hydrogen) atoms. The number of pyridine rings is 1. The van der Waals surface area contributed by atoms with Gasteiger partial charge in [0.1, 0.15) is 5.03 Å². The highest BCUT2D eigenvalue weighted by molar-refractivity contribution is 8.00. The zero-order chi connectivity index (χ0) is 20.0. The number of hydrogen-bond donors (Lipinski definition) is 2. The molecule has 0 spiro atoms. The number of primary amides is 1. The van der Waals surface area contributed by atoms with Crippen molar-refractivity contribution < 1.29 is 9.59 Å². The van der Waals surface area contributed by atoms with E-state index in [0.717, 1.165) is 22.6 Å². The number of thioether (sulfide) groups is 2. The van der Waals surface area contributed by atoms with E-state index in [0.29, 0.717) is 17.1 Å². The second-order valence-corrected chi connectivity index (χ2v) is 8.42. The van der Waals surface area contributed by atoms with Crippen molar-refractivity contribution in [1.29, 1.82) is 0 Å². The Balaban J connectivity index is 1.85. The summed E-state index contributed by atoms with van der Waals surface area (Å²) in [6, 6.07) is 8.31. The van der Waals surface area contributed by atoms with Gasteiger partial charge in [-0.15, -0.1) is 11.8 Å². The summed E-state index contributed by atoms with van der Waals surface area (Å²) in [6.07, 6.45) is 0. The first kappa shape index (κ1) is 21.3. The largest absolute Gasteiger partial charge is 0.366 e. The molecular formula is C20H25N3O2S2. The summed E-state index contributed by atoms with van der Waals surface area (Å²) in [5, 5.41) is 3.42. The normalized spacial score (nSPS) is 10.7. The van der Waals surface area contributed by atoms with Gasteiger partial charge in [0.25, 0.3) is 5.91 Å². The molecule has 0 radical (unpaired) electrons. The van der Waals surface area contributed by atoms with Crippen LogP contribution in [0.5, 0.6) is 0 Å². The molecule has 3 N–H and O–H groups in total. The molecule has 0 fully saturated rings. The Morgan fingerprint density at radius 3 is 2.33 bits per heavy atom. The van der Waals surface area contributed by atoms with Gasteiger partial charge in [0.05, 0.1) is 11.3 Å². The first-order chi connectivity index (χ1) is 12.8. The van der Waals surface area contributed by atoms with Crippen LogP contribution < -0.4 is 11.1 Å². The predicted octanol–water partition coefficient (Wildman–Crippen LogP) is 3.41. The molecule has 1 aromatic heterocycles. The van der Waals surface area contributed by atoms with Crippen LogP contribution in [0.15, 0.2) is 34.2 Å². The molecule has 0 aliphatic carbocycles. The minimum atomic E-state index is -0.513. The number of amides is 2. The summed E-state index contributed by atoms with van der Waals surface area (Å²) in [6.45, 7) is 8.30. The Morgan fingerprint density at radius 2 is 1.70 bits per heavy atom. The van der Waals surface area contributed by atoms with Crippen LogP contribution in [0.2, 0.25) is 0 Å². The van der Waals surface area contributed by atoms with Gasteiger partial charge < -0.3 is 11.1 Å². The van der Waals surface area contributed by atoms with E-state index in [9.17, 15) is 9.59 Å². The molecule has 0 bridgehead atoms. The highest BCUT2D eigenvalue weighted by atomic mass is 32.2. The number of aryl methyl sites for hydroxylation is 2. The number of benzene rings is 1. The number of carbonyl (C=O) groups excluding carboxylic acids is 2. The van der Waals surface area contributed by atoms with Gasteiger partial charge in [-0.25, -0.2) is 4.98 Å². The monoisotopic (exact) mass is 403 g/mol. The van der Waals surface area contributed by atoms with Crippen LogP contribution in [0.25, 0.3) is 0 Å². The minimum Gasteiger partial charge on any atom is -0.366 e. The van der Waals surface area contributed by atoms with Crippen LogP contribution in [0.4, 0.5) is 0 Å². The molecule has 5 nitrogen and oxygen atoms in total. The predicted molar refractivity (Wildman–Crippen MR) is 113 cm³/mol. The van der Waals surface area contributed by atoms with E-state index in [1.807, 2.05) is 20.8 Å². The van der Waals surface area contributed by atoms with Crippen molar-refractivity contribution in [2.45, 2.75) is 37.6 Å². The summed E-state index contributed by atoms with van der Waals surface area (Å²) < 4.78 is 0. The first-order valence-electron chi connectivity index (χ1n) is 8.66. The average molecular weight is 404 g/mol. The smallest absolute Gasteiger partial charge is 0.251 e. The van der Waals surface area contributed by atoms with E-state index >= 15 is 0 Å². The number of hydrogen-bond acceptors (Lipinski definition) is 5. The minimum absolute atomic E-state index is 0.0855. The zero-order valence-corrected chi connectivity index (χ0v) is 17.7. The van der Waals surface area contributed by atoms with E-state index < -0.39 is 5.91 Å². The molecule has 0 aliphatic heterocycles. The summed E-state index contributed by atoms with van der Waals surface area (Å²) in [4.78, 5) is 29.5. The number of carbonyl (C=O) groups is 2. The summed E-state index contributed by atoms with van der Waals surface area (Å²) in [5.41, 5.74) is 9.77. The van der Waals surface area contributed by atoms with Crippen molar-refractivity contribution in [3.8, 4) is 0 Å². The third-order valence-corrected chi connectivity index (χ3v) is 6.25. The van der Waals surface area contributed by atoms with Gasteiger partial charge in [-0.2, -0.15) is 0 Å². The maximum Gasteiger partial charge on any atom is 0.251 e. The van der Waals surface area contributed by atoms with Gasteiger partial charge in [0.2, 0.25) is 5.91 Å². The Morgan fingerprint density at radius 1 is 1.04 bits per heavy atom. The lowest BCUT2D eigenvalue weighted by atomic mass is 10.0. The zero-order valence-electron chi connectivity index (χ0n) is 16.1. The molecule has 0 saturated carbocycles. The lowest BCUT2D eigenvalue weighted by molar-refractivity contribution is -0.118. The van der Waals surface area contributed by atoms with Crippen LogP contribution in [0, 0.1) is 27.7 Å². The number of aromatic nitrogens is 1. The van der Waals surface area contributed by atoms with Crippen molar-refractivity contribution in [3.05, 3.63) is 52.2 Å². The molecule has 0 aliphatic rings. The number of nitrogens with zero attached hydrogens (tertiary/aromatic N) is 1. The molecule has 0 unspecified atom stereocenters. The SMILES string of the molecule is Cc1ccc(SCCNC(=O)CSc2nc(C)c(C)c(C)c2C(N)=O)cc1. The van der Waals surface area contributed by atoms with E-state index in [-0.39, 0.29) is 11.7 Å². The first-order valence-corrected chi connectivity index (χ1v) is 10.6. The molecular weight excluding hydrogens is 378 g/mol. The summed E-state index contributed by atoms with van der Waals surface area (Å²) in [7, 11) is 0. The van der Waals surface area contributed by atoms with Crippen molar-refractivity contribution in [1.82, 2.24) is 10.3 Å². The fraction of sp³-hybridized carbons (Fsp3) is 0.350. The molecule has 2 aromatic rings. The molecule has 2 amide bonds. The highest BCUT2D eigenvalue weighted by Crippen LogP contribution is 2.26. The molecule has 0 saturated heterocycles. The highest BCUT2D eigenvalue weighted by Gasteiger charge is 2.18. The van der Waals surface area contributed by atoms with Crippen molar-refractivity contribution in [2.24, 2.45) is 5.73 Å². The molecule has 144 valence electrons. The second kappa shape index (κ2) is 9.80. The van der Waals surface area contributed by atoms with Gasteiger partial charge in [-0.05, 0) is 51.0 Å². The molecule has 2 rings (SSSR count). The van der Waals surface area contributed by atoms with Gasteiger partial charge >= 0.3 is 0 Å². The van der Waals surface area contributed by atoms with E-state index in [2.05, 4.69) is 41.5 Å². The van der Waals surface area contributed by atoms with E-state index in [4.69, 9.17) is 5.73 Å². The number of nitrogens with one attached hydrogen (secondary N) is 1. The van der Waals surface area contributed by atoms with E-state index in [1.165, 1.54) is 22.2 Å². The van der Waals surface area contributed by atoms with Gasteiger partial charge in [0, 0.05) is 22.9 Å². The maximum atomic E-state index is 12.1. The summed E-state index contributed by atoms with van der Waals surface area (Å²) in [5.74, 6) is 0.398. The molecule has 7 heteroatoms. The van der Waals surface area contributed by atoms with E-state index in [1.54, 1.807) is 11.8 Å². The van der Waals surface area contributed by atoms with Crippen LogP contribution >= 0.6 is 23.5 Å². The second-order valence-electron chi connectivity index (χ2n) is 6.29. The fourth-order valence-electron chi connectivity index (χ4n) is 2.48. The topological polar surface area (TPSA) is 85.1 Å². The third-order valence-electron chi connectivity index (χ3n) is 4.26. The lowest BCUT2D eigenvalue weighted by Crippen LogP contribution is -2.27. The van der Waals surface area contributed by atoms with Crippen molar-refractivity contribution in [2.75, 3.05) is 18.1 Å². The Kier molecular flexibility index (Phi) is 7.74. The van der Waals surface area contributed by atoms with Gasteiger partial charge in [-0.3, -0.25) is 9.59 Å². The molecule has 0 atom stereocenters. The fourth-order valence-corrected chi connectivity index (χ4v) is 4.22. The maximum absolute atomic E-state index is 12.1.